The Morgan fingerprint density at radius 1 is 1.42 bits per heavy atom. The van der Waals surface area contributed by atoms with Crippen molar-refractivity contribution in [2.75, 3.05) is 13.4 Å². The summed E-state index contributed by atoms with van der Waals surface area (Å²) >= 11 is 5.83. The minimum absolute atomic E-state index is 0.233. The van der Waals surface area contributed by atoms with E-state index in [4.69, 9.17) is 16.4 Å². The summed E-state index contributed by atoms with van der Waals surface area (Å²) in [6, 6.07) is 5.44. The highest BCUT2D eigenvalue weighted by Crippen LogP contribution is 2.11. The van der Waals surface area contributed by atoms with Crippen LogP contribution in [0.3, 0.4) is 0 Å². The Balaban J connectivity index is 2.21. The molecule has 10 heteroatoms. The molecule has 0 saturated carbocycles. The molecule has 0 aliphatic rings. The van der Waals surface area contributed by atoms with Crippen molar-refractivity contribution in [1.82, 2.24) is 24.1 Å². The molecule has 3 aromatic heterocycles. The second-order valence-corrected chi connectivity index (χ2v) is 6.71. The van der Waals surface area contributed by atoms with Crippen LogP contribution < -0.4 is 5.49 Å². The number of hydrogen-bond acceptors (Lipinski definition) is 6. The van der Waals surface area contributed by atoms with Crippen LogP contribution >= 0.6 is 11.6 Å². The van der Waals surface area contributed by atoms with Gasteiger partial charge in [0, 0.05) is 24.2 Å². The number of nitrogens with zero attached hydrogens (tertiary/aromatic N) is 6. The summed E-state index contributed by atoms with van der Waals surface area (Å²) in [4.78, 5) is 13.3. The first kappa shape index (κ1) is 16.6. The first-order valence-electron chi connectivity index (χ1n) is 6.98. The van der Waals surface area contributed by atoms with Gasteiger partial charge in [0.1, 0.15) is 12.3 Å². The molecule has 3 aromatic rings. The van der Waals surface area contributed by atoms with Crippen LogP contribution in [0, 0.1) is 6.92 Å². The fraction of sp³-hybridized carbons (Fsp3) is 0.286. The van der Waals surface area contributed by atoms with Crippen molar-refractivity contribution >= 4 is 28.2 Å². The van der Waals surface area contributed by atoms with Crippen molar-refractivity contribution in [2.45, 2.75) is 18.6 Å². The molecular formula is C14H15ClN6O2S. The summed E-state index contributed by atoms with van der Waals surface area (Å²) < 4.78 is 15.2. The Morgan fingerprint density at radius 2 is 2.21 bits per heavy atom. The molecule has 24 heavy (non-hydrogen) atoms. The lowest BCUT2D eigenvalue weighted by atomic mass is 10.2. The van der Waals surface area contributed by atoms with Gasteiger partial charge < -0.3 is 9.40 Å². The van der Waals surface area contributed by atoms with Gasteiger partial charge in [-0.1, -0.05) is 22.8 Å². The zero-order valence-corrected chi connectivity index (χ0v) is 14.9. The Hall–Kier alpha value is -2.26. The van der Waals surface area contributed by atoms with E-state index in [-0.39, 0.29) is 5.16 Å². The maximum atomic E-state index is 11.8. The number of fused-ring (bicyclic) bond motifs is 1. The highest BCUT2D eigenvalue weighted by atomic mass is 35.5. The van der Waals surface area contributed by atoms with Crippen molar-refractivity contribution < 1.29 is 9.05 Å². The van der Waals surface area contributed by atoms with E-state index < -0.39 is 10.8 Å². The molecule has 0 bridgehead atoms. The molecule has 0 amide bonds. The number of aryl methyl sites for hydroxylation is 1. The molecule has 1 unspecified atom stereocenters. The smallest absolute Gasteiger partial charge is 0.240 e. The van der Waals surface area contributed by atoms with Gasteiger partial charge >= 0.3 is 0 Å². The lowest BCUT2D eigenvalue weighted by Crippen LogP contribution is -2.22. The fourth-order valence-electron chi connectivity index (χ4n) is 2.26. The van der Waals surface area contributed by atoms with E-state index >= 15 is 0 Å². The summed E-state index contributed by atoms with van der Waals surface area (Å²) in [6.45, 7) is 2.44. The largest absolute Gasteiger partial charge is 0.397 e. The molecule has 8 nitrogen and oxygen atoms in total. The van der Waals surface area contributed by atoms with Crippen LogP contribution in [-0.4, -0.2) is 41.7 Å². The summed E-state index contributed by atoms with van der Waals surface area (Å²) in [5.41, 5.74) is 2.32. The van der Waals surface area contributed by atoms with E-state index in [9.17, 15) is 4.21 Å². The molecular weight excluding hydrogens is 352 g/mol. The van der Waals surface area contributed by atoms with Crippen LogP contribution in [0.15, 0.2) is 34.7 Å². The number of halogens is 1. The third kappa shape index (κ3) is 3.17. The van der Waals surface area contributed by atoms with Crippen LogP contribution in [0.5, 0.6) is 0 Å². The van der Waals surface area contributed by atoms with E-state index in [1.807, 2.05) is 23.6 Å². The van der Waals surface area contributed by atoms with Crippen molar-refractivity contribution in [3.63, 3.8) is 0 Å². The predicted octanol–water partition coefficient (Wildman–Crippen LogP) is 1.14. The number of hydrogen-bond donors (Lipinski definition) is 0. The van der Waals surface area contributed by atoms with Crippen molar-refractivity contribution in [2.24, 2.45) is 5.16 Å². The first-order valence-corrected chi connectivity index (χ1v) is 8.91. The van der Waals surface area contributed by atoms with Gasteiger partial charge in [0.25, 0.3) is 0 Å². The predicted molar refractivity (Wildman–Crippen MR) is 89.0 cm³/mol. The molecule has 3 rings (SSSR count). The normalized spacial score (nSPS) is 13.4. The lowest BCUT2D eigenvalue weighted by Gasteiger charge is -2.12. The molecule has 0 spiro atoms. The molecule has 0 aliphatic heterocycles. The Bertz CT molecular complexity index is 979. The third-order valence-electron chi connectivity index (χ3n) is 3.36. The van der Waals surface area contributed by atoms with E-state index in [1.54, 1.807) is 12.3 Å². The van der Waals surface area contributed by atoms with Gasteiger partial charge in [-0.25, -0.2) is 4.98 Å². The molecule has 0 aromatic carbocycles. The minimum Gasteiger partial charge on any atom is -0.397 e. The molecule has 126 valence electrons. The Labute approximate surface area is 145 Å². The van der Waals surface area contributed by atoms with Crippen LogP contribution in [0.2, 0.25) is 5.15 Å². The lowest BCUT2D eigenvalue weighted by molar-refractivity contribution is 0.196. The second-order valence-electron chi connectivity index (χ2n) is 5.05. The minimum atomic E-state index is -1.31. The molecule has 3 heterocycles. The number of pyridine rings is 1. The first-order chi connectivity index (χ1) is 11.5. The quantitative estimate of drug-likeness (QED) is 0.510. The van der Waals surface area contributed by atoms with Gasteiger partial charge in [0.05, 0.1) is 17.3 Å². The summed E-state index contributed by atoms with van der Waals surface area (Å²) in [7, 11) is 0.149. The SMILES string of the molecule is CON=c1cc(C)n(Cc2ccc(Cl)nc2)c2nc(S(C)=O)nn12. The molecule has 0 aliphatic carbocycles. The summed E-state index contributed by atoms with van der Waals surface area (Å²) in [6.07, 6.45) is 3.23. The van der Waals surface area contributed by atoms with Gasteiger partial charge in [-0.15, -0.1) is 5.10 Å². The molecule has 0 N–H and O–H groups in total. The second kappa shape index (κ2) is 6.70. The highest BCUT2D eigenvalue weighted by molar-refractivity contribution is 7.84. The van der Waals surface area contributed by atoms with Gasteiger partial charge in [-0.05, 0) is 18.6 Å². The maximum Gasteiger partial charge on any atom is 0.240 e. The van der Waals surface area contributed by atoms with Gasteiger partial charge in [-0.3, -0.25) is 4.21 Å². The fourth-order valence-corrected chi connectivity index (χ4v) is 2.77. The monoisotopic (exact) mass is 366 g/mol. The van der Waals surface area contributed by atoms with Crippen LogP contribution in [0.25, 0.3) is 5.78 Å². The average molecular weight is 367 g/mol. The van der Waals surface area contributed by atoms with Crippen molar-refractivity contribution in [3.8, 4) is 0 Å². The third-order valence-corrected chi connectivity index (χ3v) is 4.27. The molecule has 0 saturated heterocycles. The standard InChI is InChI=1S/C14H15ClN6O2S/c1-9-6-12(19-23-2)21-14(17-13(18-21)24(3)22)20(9)8-10-4-5-11(15)16-7-10/h4-7H,8H2,1-3H3. The number of aromatic nitrogens is 5. The maximum absolute atomic E-state index is 11.8. The zero-order chi connectivity index (χ0) is 17.3. The molecule has 0 fully saturated rings. The van der Waals surface area contributed by atoms with E-state index in [1.165, 1.54) is 17.9 Å². The highest BCUT2D eigenvalue weighted by Gasteiger charge is 2.14. The van der Waals surface area contributed by atoms with E-state index in [2.05, 4.69) is 20.2 Å². The molecule has 0 radical (unpaired) electrons. The van der Waals surface area contributed by atoms with Gasteiger partial charge in [0.2, 0.25) is 10.9 Å². The van der Waals surface area contributed by atoms with Crippen molar-refractivity contribution in [1.29, 1.82) is 0 Å². The number of rotatable bonds is 4. The van der Waals surface area contributed by atoms with Crippen LogP contribution in [-0.2, 0) is 22.2 Å². The Kier molecular flexibility index (Phi) is 4.63. The topological polar surface area (TPSA) is 86.7 Å². The van der Waals surface area contributed by atoms with Gasteiger partial charge in [0.15, 0.2) is 5.49 Å². The van der Waals surface area contributed by atoms with E-state index in [0.29, 0.717) is 23.0 Å². The summed E-state index contributed by atoms with van der Waals surface area (Å²) in [5.74, 6) is 0.519. The average Bonchev–Trinajstić information content (AvgIpc) is 2.99. The van der Waals surface area contributed by atoms with Crippen LogP contribution in [0.4, 0.5) is 0 Å². The van der Waals surface area contributed by atoms with E-state index in [0.717, 1.165) is 11.3 Å². The zero-order valence-electron chi connectivity index (χ0n) is 13.3. The van der Waals surface area contributed by atoms with Crippen molar-refractivity contribution in [3.05, 3.63) is 46.3 Å². The van der Waals surface area contributed by atoms with Gasteiger partial charge in [-0.2, -0.15) is 9.50 Å². The molecule has 1 atom stereocenters. The van der Waals surface area contributed by atoms with Crippen LogP contribution in [0.1, 0.15) is 11.3 Å². The summed E-state index contributed by atoms with van der Waals surface area (Å²) in [5, 5.41) is 8.88. The Morgan fingerprint density at radius 3 is 2.83 bits per heavy atom.